The van der Waals surface area contributed by atoms with E-state index in [2.05, 4.69) is 20.5 Å². The second-order valence-corrected chi connectivity index (χ2v) is 7.00. The lowest BCUT2D eigenvalue weighted by molar-refractivity contribution is -0.133. The number of likely N-dealkylation sites (tertiary alicyclic amines) is 1. The normalized spacial score (nSPS) is 21.7. The Hall–Kier alpha value is -2.25. The van der Waals surface area contributed by atoms with E-state index in [1.165, 1.54) is 0 Å². The quantitative estimate of drug-likeness (QED) is 0.870. The number of amides is 1. The van der Waals surface area contributed by atoms with Crippen LogP contribution in [-0.2, 0) is 9.53 Å². The molecule has 2 fully saturated rings. The predicted octanol–water partition coefficient (Wildman–Crippen LogP) is 1.56. The molecule has 1 aromatic heterocycles. The molecule has 1 amide bonds. The highest BCUT2D eigenvalue weighted by Gasteiger charge is 2.27. The lowest BCUT2D eigenvalue weighted by atomic mass is 9.95. The molecule has 0 bridgehead atoms. The Labute approximate surface area is 153 Å². The van der Waals surface area contributed by atoms with E-state index in [1.54, 1.807) is 0 Å². The Balaban J connectivity index is 1.31. The van der Waals surface area contributed by atoms with Crippen molar-refractivity contribution < 1.29 is 9.53 Å². The van der Waals surface area contributed by atoms with Gasteiger partial charge in [0.1, 0.15) is 5.82 Å². The topological polar surface area (TPSA) is 83.1 Å². The Morgan fingerprint density at radius 2 is 2.04 bits per heavy atom. The first kappa shape index (κ1) is 17.2. The molecule has 26 heavy (non-hydrogen) atoms. The molecule has 7 heteroatoms. The number of piperidine rings is 1. The number of nitrogens with one attached hydrogen (secondary N) is 2. The molecular weight excluding hydrogens is 330 g/mol. The fraction of sp³-hybridized carbons (Fsp3) is 0.526. The third-order valence-corrected chi connectivity index (χ3v) is 5.19. The summed E-state index contributed by atoms with van der Waals surface area (Å²) in [6.45, 7) is 3.74. The van der Waals surface area contributed by atoms with E-state index in [4.69, 9.17) is 4.74 Å². The van der Waals surface area contributed by atoms with Crippen LogP contribution in [-0.4, -0.2) is 64.9 Å². The molecule has 1 aromatic carbocycles. The van der Waals surface area contributed by atoms with Gasteiger partial charge >= 0.3 is 0 Å². The van der Waals surface area contributed by atoms with Crippen molar-refractivity contribution in [3.8, 4) is 11.4 Å². The third-order valence-electron chi connectivity index (χ3n) is 5.19. The van der Waals surface area contributed by atoms with Crippen LogP contribution in [0.3, 0.4) is 0 Å². The first-order chi connectivity index (χ1) is 12.8. The maximum absolute atomic E-state index is 12.5. The average Bonchev–Trinajstić information content (AvgIpc) is 3.20. The molecule has 138 valence electrons. The average molecular weight is 355 g/mol. The highest BCUT2D eigenvalue weighted by molar-refractivity contribution is 5.77. The smallest absolute Gasteiger partial charge is 0.224 e. The van der Waals surface area contributed by atoms with Crippen molar-refractivity contribution in [3.05, 3.63) is 36.2 Å². The summed E-state index contributed by atoms with van der Waals surface area (Å²) in [4.78, 5) is 19.1. The van der Waals surface area contributed by atoms with Gasteiger partial charge in [0.2, 0.25) is 5.91 Å². The van der Waals surface area contributed by atoms with Crippen LogP contribution in [0.25, 0.3) is 11.4 Å². The van der Waals surface area contributed by atoms with Crippen LogP contribution in [0.2, 0.25) is 0 Å². The van der Waals surface area contributed by atoms with Crippen LogP contribution in [0.1, 0.15) is 31.0 Å². The standard InChI is InChI=1S/C19H25N5O2/c25-17(12-16-13-26-11-8-20-16)24-9-6-15(7-10-24)19-21-18(22-23-19)14-4-2-1-3-5-14/h1-5,15-16,20H,6-13H2,(H,21,22,23). The number of carbonyl (C=O) groups excluding carboxylic acids is 1. The summed E-state index contributed by atoms with van der Waals surface area (Å²) in [5.74, 6) is 2.22. The summed E-state index contributed by atoms with van der Waals surface area (Å²) in [6.07, 6.45) is 2.36. The summed E-state index contributed by atoms with van der Waals surface area (Å²) in [6, 6.07) is 10.1. The number of ether oxygens (including phenoxy) is 1. The van der Waals surface area contributed by atoms with Gasteiger partial charge in [-0.15, -0.1) is 0 Å². The number of H-pyrrole nitrogens is 1. The number of rotatable bonds is 4. The van der Waals surface area contributed by atoms with Crippen LogP contribution < -0.4 is 5.32 Å². The largest absolute Gasteiger partial charge is 0.378 e. The van der Waals surface area contributed by atoms with Crippen LogP contribution in [0.15, 0.2) is 30.3 Å². The number of aromatic amines is 1. The van der Waals surface area contributed by atoms with Gasteiger partial charge in [0.15, 0.2) is 5.82 Å². The van der Waals surface area contributed by atoms with Crippen molar-refractivity contribution >= 4 is 5.91 Å². The van der Waals surface area contributed by atoms with E-state index in [0.29, 0.717) is 18.9 Å². The predicted molar refractivity (Wildman–Crippen MR) is 97.6 cm³/mol. The maximum Gasteiger partial charge on any atom is 0.224 e. The number of hydrogen-bond donors (Lipinski definition) is 2. The second kappa shape index (κ2) is 7.97. The zero-order valence-electron chi connectivity index (χ0n) is 14.9. The summed E-state index contributed by atoms with van der Waals surface area (Å²) < 4.78 is 5.43. The molecule has 2 N–H and O–H groups in total. The van der Waals surface area contributed by atoms with E-state index in [-0.39, 0.29) is 11.9 Å². The Morgan fingerprint density at radius 1 is 1.23 bits per heavy atom. The molecule has 7 nitrogen and oxygen atoms in total. The van der Waals surface area contributed by atoms with Gasteiger partial charge in [-0.05, 0) is 12.8 Å². The molecule has 0 saturated carbocycles. The summed E-state index contributed by atoms with van der Waals surface area (Å²) in [7, 11) is 0. The van der Waals surface area contributed by atoms with Gasteiger partial charge in [0, 0.05) is 43.6 Å². The lowest BCUT2D eigenvalue weighted by Gasteiger charge is -2.32. The van der Waals surface area contributed by atoms with E-state index in [0.717, 1.165) is 56.3 Å². The minimum atomic E-state index is 0.150. The Morgan fingerprint density at radius 3 is 2.77 bits per heavy atom. The highest BCUT2D eigenvalue weighted by Crippen LogP contribution is 2.27. The van der Waals surface area contributed by atoms with Gasteiger partial charge in [0.25, 0.3) is 0 Å². The van der Waals surface area contributed by atoms with E-state index < -0.39 is 0 Å². The molecular formula is C19H25N5O2. The first-order valence-electron chi connectivity index (χ1n) is 9.36. The van der Waals surface area contributed by atoms with Gasteiger partial charge in [0.05, 0.1) is 13.2 Å². The van der Waals surface area contributed by atoms with Crippen LogP contribution in [0, 0.1) is 0 Å². The fourth-order valence-electron chi connectivity index (χ4n) is 3.67. The van der Waals surface area contributed by atoms with E-state index in [9.17, 15) is 4.79 Å². The lowest BCUT2D eigenvalue weighted by Crippen LogP contribution is -2.46. The molecule has 0 spiro atoms. The van der Waals surface area contributed by atoms with Crippen molar-refractivity contribution in [2.24, 2.45) is 0 Å². The summed E-state index contributed by atoms with van der Waals surface area (Å²) >= 11 is 0. The third kappa shape index (κ3) is 3.94. The van der Waals surface area contributed by atoms with Crippen LogP contribution in [0.4, 0.5) is 0 Å². The molecule has 2 aliphatic heterocycles. The number of nitrogens with zero attached hydrogens (tertiary/aromatic N) is 3. The van der Waals surface area contributed by atoms with Crippen molar-refractivity contribution in [2.75, 3.05) is 32.8 Å². The van der Waals surface area contributed by atoms with Crippen LogP contribution in [0.5, 0.6) is 0 Å². The summed E-state index contributed by atoms with van der Waals surface area (Å²) in [5.41, 5.74) is 1.02. The minimum Gasteiger partial charge on any atom is -0.378 e. The zero-order chi connectivity index (χ0) is 17.8. The highest BCUT2D eigenvalue weighted by atomic mass is 16.5. The number of hydrogen-bond acceptors (Lipinski definition) is 5. The molecule has 2 saturated heterocycles. The van der Waals surface area contributed by atoms with E-state index >= 15 is 0 Å². The van der Waals surface area contributed by atoms with Gasteiger partial charge < -0.3 is 15.0 Å². The first-order valence-corrected chi connectivity index (χ1v) is 9.36. The van der Waals surface area contributed by atoms with Gasteiger partial charge in [-0.25, -0.2) is 4.98 Å². The number of morpholine rings is 1. The van der Waals surface area contributed by atoms with Crippen molar-refractivity contribution in [1.29, 1.82) is 0 Å². The number of aromatic nitrogens is 3. The van der Waals surface area contributed by atoms with Gasteiger partial charge in [-0.2, -0.15) is 5.10 Å². The maximum atomic E-state index is 12.5. The minimum absolute atomic E-state index is 0.150. The fourth-order valence-corrected chi connectivity index (χ4v) is 3.67. The summed E-state index contributed by atoms with van der Waals surface area (Å²) in [5, 5.41) is 10.8. The molecule has 0 radical (unpaired) electrons. The molecule has 0 aliphatic carbocycles. The number of benzene rings is 1. The number of carbonyl (C=O) groups is 1. The molecule has 4 rings (SSSR count). The SMILES string of the molecule is O=C(CC1COCCN1)N1CCC(c2nc(-c3ccccc3)n[nH]2)CC1. The van der Waals surface area contributed by atoms with Crippen molar-refractivity contribution in [2.45, 2.75) is 31.2 Å². The van der Waals surface area contributed by atoms with Crippen molar-refractivity contribution in [3.63, 3.8) is 0 Å². The van der Waals surface area contributed by atoms with Crippen molar-refractivity contribution in [1.82, 2.24) is 25.4 Å². The zero-order valence-corrected chi connectivity index (χ0v) is 14.9. The molecule has 2 aromatic rings. The van der Waals surface area contributed by atoms with Gasteiger partial charge in [-0.3, -0.25) is 9.89 Å². The van der Waals surface area contributed by atoms with Gasteiger partial charge in [-0.1, -0.05) is 30.3 Å². The Kier molecular flexibility index (Phi) is 5.26. The van der Waals surface area contributed by atoms with Crippen LogP contribution >= 0.6 is 0 Å². The monoisotopic (exact) mass is 355 g/mol. The van der Waals surface area contributed by atoms with E-state index in [1.807, 2.05) is 35.2 Å². The Bertz CT molecular complexity index is 719. The molecule has 2 aliphatic rings. The second-order valence-electron chi connectivity index (χ2n) is 7.00. The molecule has 1 unspecified atom stereocenters. The molecule has 3 heterocycles. The molecule has 1 atom stereocenters.